The van der Waals surface area contributed by atoms with E-state index in [9.17, 15) is 0 Å². The topological polar surface area (TPSA) is 0 Å². The summed E-state index contributed by atoms with van der Waals surface area (Å²) < 4.78 is 0. The van der Waals surface area contributed by atoms with Gasteiger partial charge in [0.2, 0.25) is 0 Å². The van der Waals surface area contributed by atoms with Crippen molar-refractivity contribution in [1.29, 1.82) is 0 Å². The summed E-state index contributed by atoms with van der Waals surface area (Å²) in [7, 11) is 0. The first-order chi connectivity index (χ1) is 0. The maximum atomic E-state index is 0. The summed E-state index contributed by atoms with van der Waals surface area (Å²) in [5.41, 5.74) is 0. The molecule has 0 spiro atoms. The van der Waals surface area contributed by atoms with Crippen LogP contribution in [0.1, 0.15) is 0 Å². The molecule has 0 saturated heterocycles. The van der Waals surface area contributed by atoms with Crippen LogP contribution in [0.15, 0.2) is 0 Å². The maximum absolute atomic E-state index is 0. The van der Waals surface area contributed by atoms with Crippen LogP contribution in [0.2, 0.25) is 0 Å². The van der Waals surface area contributed by atoms with Crippen LogP contribution in [0.25, 0.3) is 0 Å². The van der Waals surface area contributed by atoms with Crippen LogP contribution in [0.4, 0.5) is 0 Å². The molecule has 4 radical (unpaired) electrons. The summed E-state index contributed by atoms with van der Waals surface area (Å²) in [5, 5.41) is 0. The third-order valence-electron chi connectivity index (χ3n) is 0. The van der Waals surface area contributed by atoms with E-state index in [2.05, 4.69) is 0 Å². The van der Waals surface area contributed by atoms with E-state index in [0.29, 0.717) is 0 Å². The summed E-state index contributed by atoms with van der Waals surface area (Å²) >= 11 is 0. The van der Waals surface area contributed by atoms with Crippen LogP contribution in [-0.2, 0) is 61.2 Å². The average Bonchev–Trinajstić information content (AvgIpc) is 0. The zero-order chi connectivity index (χ0) is 0. The normalized spacial score (nSPS) is 0. The quantitative estimate of drug-likeness (QED) is 0.501. The summed E-state index contributed by atoms with van der Waals surface area (Å²) in [4.78, 5) is 0. The Kier molecular flexibility index (Phi) is 126. The van der Waals surface area contributed by atoms with E-state index in [1.807, 2.05) is 0 Å². The van der Waals surface area contributed by atoms with Crippen molar-refractivity contribution in [3.05, 3.63) is 0 Å². The van der Waals surface area contributed by atoms with Crippen molar-refractivity contribution in [2.45, 2.75) is 0 Å². The number of hydrogen-bond donors (Lipinski definition) is 0. The molecule has 0 nitrogen and oxygen atoms in total. The summed E-state index contributed by atoms with van der Waals surface area (Å²) in [6.45, 7) is 0. The Morgan fingerprint density at radius 1 is 1.00 bits per heavy atom. The SMILES string of the molecule is [Ag].[Cu].[SnH2].[Ti]. The molecule has 0 rings (SSSR count). The summed E-state index contributed by atoms with van der Waals surface area (Å²) in [6, 6.07) is 0. The van der Waals surface area contributed by atoms with E-state index >= 15 is 0 Å². The third-order valence-corrected chi connectivity index (χ3v) is 0. The van der Waals surface area contributed by atoms with E-state index < -0.39 is 0 Å². The Bertz CT molecular complexity index is 8.00. The molecule has 0 atom stereocenters. The van der Waals surface area contributed by atoms with Gasteiger partial charge in [-0.1, -0.05) is 0 Å². The van der Waals surface area contributed by atoms with E-state index in [1.165, 1.54) is 0 Å². The average molecular weight is 340 g/mol. The summed E-state index contributed by atoms with van der Waals surface area (Å²) in [5.74, 6) is 0. The van der Waals surface area contributed by atoms with Crippen LogP contribution in [0, 0.1) is 0 Å². The fraction of sp³-hybridized carbons (Fsp3) is 0. The predicted octanol–water partition coefficient (Wildman–Crippen LogP) is -0.924. The molecule has 0 aromatic carbocycles. The second-order valence-electron chi connectivity index (χ2n) is 0. The van der Waals surface area contributed by atoms with Gasteiger partial charge in [0, 0.05) is 61.2 Å². The molecule has 0 unspecified atom stereocenters. The van der Waals surface area contributed by atoms with Crippen molar-refractivity contribution in [3.8, 4) is 0 Å². The zero-order valence-corrected chi connectivity index (χ0v) is 9.83. The van der Waals surface area contributed by atoms with E-state index in [4.69, 9.17) is 0 Å². The summed E-state index contributed by atoms with van der Waals surface area (Å²) in [6.07, 6.45) is 0. The number of hydrogen-bond acceptors (Lipinski definition) is 0. The van der Waals surface area contributed by atoms with Gasteiger partial charge in [-0.05, 0) is 0 Å². The largest absolute Gasteiger partial charge is 0 e. The number of rotatable bonds is 0. The molecule has 4 heavy (non-hydrogen) atoms. The van der Waals surface area contributed by atoms with Gasteiger partial charge in [-0.15, -0.1) is 0 Å². The van der Waals surface area contributed by atoms with E-state index in [1.54, 1.807) is 0 Å². The molecule has 32 valence electrons. The van der Waals surface area contributed by atoms with Gasteiger partial charge in [-0.2, -0.15) is 0 Å². The molecule has 0 bridgehead atoms. The molecule has 0 aromatic rings. The van der Waals surface area contributed by atoms with Crippen molar-refractivity contribution < 1.29 is 61.2 Å². The Balaban J connectivity index is 0. The molecule has 0 heterocycles. The van der Waals surface area contributed by atoms with Gasteiger partial charge in [0.05, 0.1) is 0 Å². The predicted molar refractivity (Wildman–Crippen MR) is 8.54 cm³/mol. The van der Waals surface area contributed by atoms with Crippen molar-refractivity contribution in [2.75, 3.05) is 0 Å². The van der Waals surface area contributed by atoms with Gasteiger partial charge < -0.3 is 0 Å². The van der Waals surface area contributed by atoms with Crippen molar-refractivity contribution in [1.82, 2.24) is 0 Å². The van der Waals surface area contributed by atoms with Crippen molar-refractivity contribution >= 4 is 23.9 Å². The first-order valence-electron chi connectivity index (χ1n) is 0. The van der Waals surface area contributed by atoms with Crippen LogP contribution in [0.5, 0.6) is 0 Å². The monoisotopic (exact) mass is 340 g/mol. The van der Waals surface area contributed by atoms with E-state index in [0.717, 1.165) is 0 Å². The molecule has 0 aromatic heterocycles. The van der Waals surface area contributed by atoms with Gasteiger partial charge in [0.25, 0.3) is 0 Å². The molecule has 0 amide bonds. The smallest absolute Gasteiger partial charge is 0 e. The first-order valence-corrected chi connectivity index (χ1v) is 0. The second kappa shape index (κ2) is 17.1. The Morgan fingerprint density at radius 2 is 1.00 bits per heavy atom. The Hall–Kier alpha value is 2.77. The molecule has 4 heteroatoms. The molecule has 0 aliphatic heterocycles. The van der Waals surface area contributed by atoms with Crippen LogP contribution in [-0.4, -0.2) is 23.9 Å². The van der Waals surface area contributed by atoms with Crippen LogP contribution >= 0.6 is 0 Å². The van der Waals surface area contributed by atoms with Crippen LogP contribution < -0.4 is 0 Å². The molecule has 0 aliphatic rings. The molecule has 0 saturated carbocycles. The minimum absolute atomic E-state index is 0. The third kappa shape index (κ3) is 8.84. The van der Waals surface area contributed by atoms with Crippen molar-refractivity contribution in [2.24, 2.45) is 0 Å². The van der Waals surface area contributed by atoms with Gasteiger partial charge in [0.1, 0.15) is 0 Å². The fourth-order valence-electron chi connectivity index (χ4n) is 0. The molecule has 0 N–H and O–H groups in total. The van der Waals surface area contributed by atoms with E-state index in [-0.39, 0.29) is 85.1 Å². The standard InChI is InChI=1S/Ag.Cu.Sn.Ti.2H. The molecular weight excluding hydrogens is 338 g/mol. The first kappa shape index (κ1) is 29.4. The Morgan fingerprint density at radius 3 is 1.00 bits per heavy atom. The van der Waals surface area contributed by atoms with Gasteiger partial charge in [0.15, 0.2) is 0 Å². The van der Waals surface area contributed by atoms with Crippen LogP contribution in [0.3, 0.4) is 0 Å². The molecule has 0 aliphatic carbocycles. The molecular formula is H2AgCuSnTi. The second-order valence-corrected chi connectivity index (χ2v) is 0. The van der Waals surface area contributed by atoms with Gasteiger partial charge in [-0.25, -0.2) is 0 Å². The minimum Gasteiger partial charge on any atom is 0 e. The van der Waals surface area contributed by atoms with Gasteiger partial charge >= 0.3 is 23.9 Å². The minimum atomic E-state index is 0. The van der Waals surface area contributed by atoms with Gasteiger partial charge in [-0.3, -0.25) is 0 Å². The Labute approximate surface area is 83.7 Å². The molecule has 0 fully saturated rings. The zero-order valence-electron chi connectivity index (χ0n) is 1.81. The maximum Gasteiger partial charge on any atom is 0 e. The van der Waals surface area contributed by atoms with Crippen molar-refractivity contribution in [3.63, 3.8) is 0 Å². The fourth-order valence-corrected chi connectivity index (χ4v) is 0.